The Morgan fingerprint density at radius 1 is 1.19 bits per heavy atom. The summed E-state index contributed by atoms with van der Waals surface area (Å²) in [4.78, 5) is 22.7. The zero-order chi connectivity index (χ0) is 19.1. The van der Waals surface area contributed by atoms with E-state index in [0.717, 1.165) is 0 Å². The maximum Gasteiger partial charge on any atom is 0.270 e. The molecular weight excluding hydrogens is 338 g/mol. The first kappa shape index (κ1) is 18.7. The Bertz CT molecular complexity index is 874. The van der Waals surface area contributed by atoms with Gasteiger partial charge in [0.1, 0.15) is 6.07 Å². The third-order valence-electron chi connectivity index (χ3n) is 3.37. The van der Waals surface area contributed by atoms with Gasteiger partial charge in [-0.1, -0.05) is 6.07 Å². The largest absolute Gasteiger partial charge is 0.490 e. The summed E-state index contributed by atoms with van der Waals surface area (Å²) < 4.78 is 10.9. The van der Waals surface area contributed by atoms with Crippen molar-refractivity contribution < 1.29 is 19.2 Å². The van der Waals surface area contributed by atoms with E-state index < -0.39 is 10.8 Å². The fourth-order valence-electron chi connectivity index (χ4n) is 2.25. The second kappa shape index (κ2) is 8.48. The second-order valence-electron chi connectivity index (χ2n) is 5.08. The molecule has 0 aromatic heterocycles. The molecule has 0 radical (unpaired) electrons. The van der Waals surface area contributed by atoms with Crippen molar-refractivity contribution in [2.45, 2.75) is 13.8 Å². The summed E-state index contributed by atoms with van der Waals surface area (Å²) in [6, 6.07) is 10.3. The van der Waals surface area contributed by atoms with Crippen LogP contribution in [0.4, 0.5) is 11.4 Å². The van der Waals surface area contributed by atoms with E-state index >= 15 is 0 Å². The zero-order valence-corrected chi connectivity index (χ0v) is 14.3. The molecule has 134 valence electrons. The lowest BCUT2D eigenvalue weighted by molar-refractivity contribution is -0.384. The van der Waals surface area contributed by atoms with Crippen LogP contribution in [0.3, 0.4) is 0 Å². The number of nitro benzene ring substituents is 1. The molecule has 0 spiro atoms. The number of hydrogen-bond donors (Lipinski definition) is 1. The Hall–Kier alpha value is -3.60. The number of nitriles is 1. The van der Waals surface area contributed by atoms with E-state index in [1.54, 1.807) is 13.8 Å². The quantitative estimate of drug-likeness (QED) is 0.600. The fraction of sp³-hybridized carbons (Fsp3) is 0.222. The minimum atomic E-state index is -0.582. The normalized spacial score (nSPS) is 9.88. The van der Waals surface area contributed by atoms with Crippen LogP contribution in [0.25, 0.3) is 0 Å². The van der Waals surface area contributed by atoms with Crippen molar-refractivity contribution in [3.63, 3.8) is 0 Å². The average molecular weight is 355 g/mol. The number of non-ortho nitro benzene ring substituents is 1. The predicted molar refractivity (Wildman–Crippen MR) is 94.5 cm³/mol. The van der Waals surface area contributed by atoms with Crippen molar-refractivity contribution in [3.8, 4) is 17.6 Å². The van der Waals surface area contributed by atoms with Crippen LogP contribution < -0.4 is 14.8 Å². The van der Waals surface area contributed by atoms with Crippen molar-refractivity contribution >= 4 is 17.3 Å². The van der Waals surface area contributed by atoms with Crippen LogP contribution in [0.15, 0.2) is 36.4 Å². The third kappa shape index (κ3) is 4.27. The summed E-state index contributed by atoms with van der Waals surface area (Å²) in [5.41, 5.74) is 0.335. The van der Waals surface area contributed by atoms with Crippen LogP contribution in [-0.4, -0.2) is 24.0 Å². The van der Waals surface area contributed by atoms with Crippen molar-refractivity contribution in [2.75, 3.05) is 18.5 Å². The number of nitrogens with one attached hydrogen (secondary N) is 1. The molecule has 0 aliphatic carbocycles. The molecule has 2 aromatic carbocycles. The lowest BCUT2D eigenvalue weighted by Crippen LogP contribution is -2.13. The molecule has 0 aliphatic heterocycles. The molecular formula is C18H17N3O5. The van der Waals surface area contributed by atoms with Gasteiger partial charge in [-0.3, -0.25) is 14.9 Å². The van der Waals surface area contributed by atoms with Crippen LogP contribution in [0, 0.1) is 21.4 Å². The molecule has 0 fully saturated rings. The highest BCUT2D eigenvalue weighted by Gasteiger charge is 2.16. The summed E-state index contributed by atoms with van der Waals surface area (Å²) in [7, 11) is 0. The topological polar surface area (TPSA) is 114 Å². The Balaban J connectivity index is 2.37. The molecule has 0 atom stereocenters. The Labute approximate surface area is 150 Å². The molecule has 0 saturated heterocycles. The summed E-state index contributed by atoms with van der Waals surface area (Å²) in [6.07, 6.45) is 0. The third-order valence-corrected chi connectivity index (χ3v) is 3.37. The molecule has 26 heavy (non-hydrogen) atoms. The van der Waals surface area contributed by atoms with E-state index in [9.17, 15) is 20.2 Å². The van der Waals surface area contributed by atoms with E-state index in [1.807, 2.05) is 6.07 Å². The van der Waals surface area contributed by atoms with Crippen molar-refractivity contribution in [3.05, 3.63) is 57.6 Å². The van der Waals surface area contributed by atoms with Crippen molar-refractivity contribution in [2.24, 2.45) is 0 Å². The van der Waals surface area contributed by atoms with E-state index in [0.29, 0.717) is 24.7 Å². The first-order valence-electron chi connectivity index (χ1n) is 7.89. The molecule has 8 nitrogen and oxygen atoms in total. The molecule has 0 heterocycles. The van der Waals surface area contributed by atoms with Gasteiger partial charge in [-0.2, -0.15) is 5.26 Å². The van der Waals surface area contributed by atoms with E-state index in [1.165, 1.54) is 36.4 Å². The van der Waals surface area contributed by atoms with Crippen molar-refractivity contribution in [1.82, 2.24) is 0 Å². The van der Waals surface area contributed by atoms with Crippen LogP contribution >= 0.6 is 0 Å². The molecule has 1 N–H and O–H groups in total. The van der Waals surface area contributed by atoms with Gasteiger partial charge < -0.3 is 14.8 Å². The van der Waals surface area contributed by atoms with Gasteiger partial charge in [-0.15, -0.1) is 0 Å². The van der Waals surface area contributed by atoms with Gasteiger partial charge >= 0.3 is 0 Å². The predicted octanol–water partition coefficient (Wildman–Crippen LogP) is 3.52. The number of rotatable bonds is 7. The van der Waals surface area contributed by atoms with Crippen LogP contribution in [0.2, 0.25) is 0 Å². The lowest BCUT2D eigenvalue weighted by Gasteiger charge is -2.14. The lowest BCUT2D eigenvalue weighted by atomic mass is 10.1. The Kier molecular flexibility index (Phi) is 6.11. The molecule has 2 aromatic rings. The standard InChI is InChI=1S/C18H17N3O5/c1-3-25-16-9-13(11-19)15(10-17(16)26-4-2)20-18(22)12-6-5-7-14(8-12)21(23)24/h5-10H,3-4H2,1-2H3,(H,20,22). The van der Waals surface area contributed by atoms with Gasteiger partial charge in [-0.05, 0) is 19.9 Å². The number of nitro groups is 1. The average Bonchev–Trinajstić information content (AvgIpc) is 2.64. The van der Waals surface area contributed by atoms with Crippen LogP contribution in [0.5, 0.6) is 11.5 Å². The van der Waals surface area contributed by atoms with Gasteiger partial charge in [0.05, 0.1) is 29.4 Å². The number of anilines is 1. The molecule has 0 unspecified atom stereocenters. The molecule has 8 heteroatoms. The molecule has 0 bridgehead atoms. The Morgan fingerprint density at radius 3 is 2.42 bits per heavy atom. The van der Waals surface area contributed by atoms with E-state index in [-0.39, 0.29) is 22.5 Å². The molecule has 2 rings (SSSR count). The zero-order valence-electron chi connectivity index (χ0n) is 14.3. The Morgan fingerprint density at radius 2 is 1.85 bits per heavy atom. The maximum atomic E-state index is 12.4. The van der Waals surface area contributed by atoms with Crippen LogP contribution in [0.1, 0.15) is 29.8 Å². The van der Waals surface area contributed by atoms with Gasteiger partial charge in [0.15, 0.2) is 11.5 Å². The summed E-state index contributed by atoms with van der Waals surface area (Å²) >= 11 is 0. The highest BCUT2D eigenvalue weighted by atomic mass is 16.6. The number of carbonyl (C=O) groups is 1. The van der Waals surface area contributed by atoms with Gasteiger partial charge in [0.2, 0.25) is 0 Å². The minimum absolute atomic E-state index is 0.106. The molecule has 0 aliphatic rings. The number of hydrogen-bond acceptors (Lipinski definition) is 6. The maximum absolute atomic E-state index is 12.4. The molecule has 0 saturated carbocycles. The van der Waals surface area contributed by atoms with E-state index in [4.69, 9.17) is 9.47 Å². The first-order valence-corrected chi connectivity index (χ1v) is 7.89. The van der Waals surface area contributed by atoms with Gasteiger partial charge in [-0.25, -0.2) is 0 Å². The fourth-order valence-corrected chi connectivity index (χ4v) is 2.25. The number of benzene rings is 2. The smallest absolute Gasteiger partial charge is 0.270 e. The van der Waals surface area contributed by atoms with Gasteiger partial charge in [0, 0.05) is 29.8 Å². The number of nitrogens with zero attached hydrogens (tertiary/aromatic N) is 2. The number of carbonyl (C=O) groups excluding carboxylic acids is 1. The first-order chi connectivity index (χ1) is 12.5. The summed E-state index contributed by atoms with van der Waals surface area (Å²) in [5, 5.41) is 22.8. The summed E-state index contributed by atoms with van der Waals surface area (Å²) in [6.45, 7) is 4.38. The number of ether oxygens (including phenoxy) is 2. The highest BCUT2D eigenvalue weighted by molar-refractivity contribution is 6.05. The monoisotopic (exact) mass is 355 g/mol. The van der Waals surface area contributed by atoms with Gasteiger partial charge in [0.25, 0.3) is 11.6 Å². The summed E-state index contributed by atoms with van der Waals surface area (Å²) in [5.74, 6) is 0.221. The molecule has 1 amide bonds. The highest BCUT2D eigenvalue weighted by Crippen LogP contribution is 2.34. The minimum Gasteiger partial charge on any atom is -0.490 e. The van der Waals surface area contributed by atoms with Crippen LogP contribution in [-0.2, 0) is 0 Å². The van der Waals surface area contributed by atoms with Crippen molar-refractivity contribution in [1.29, 1.82) is 5.26 Å². The van der Waals surface area contributed by atoms with E-state index in [2.05, 4.69) is 5.32 Å². The SMILES string of the molecule is CCOc1cc(C#N)c(NC(=O)c2cccc([N+](=O)[O-])c2)cc1OCC. The second-order valence-corrected chi connectivity index (χ2v) is 5.08. The number of amides is 1.